The molecule has 3 heterocycles. The molecule has 8 heteroatoms. The zero-order valence-corrected chi connectivity index (χ0v) is 20.5. The van der Waals surface area contributed by atoms with Crippen LogP contribution in [0.1, 0.15) is 22.3 Å². The van der Waals surface area contributed by atoms with E-state index in [2.05, 4.69) is 12.1 Å². The summed E-state index contributed by atoms with van der Waals surface area (Å²) in [7, 11) is 3.28. The van der Waals surface area contributed by atoms with Gasteiger partial charge in [0, 0.05) is 43.8 Å². The molecule has 4 aromatic rings. The number of carbonyl (C=O) groups excluding carboxylic acids is 1. The summed E-state index contributed by atoms with van der Waals surface area (Å²) in [6.45, 7) is 1.75. The number of methoxy groups -OCH3 is 2. The summed E-state index contributed by atoms with van der Waals surface area (Å²) in [5.41, 5.74) is 3.27. The lowest BCUT2D eigenvalue weighted by molar-refractivity contribution is 0.0724. The van der Waals surface area contributed by atoms with Gasteiger partial charge < -0.3 is 23.8 Å². The first-order valence-corrected chi connectivity index (χ1v) is 12.2. The smallest absolute Gasteiger partial charge is 0.254 e. The SMILES string of the molecule is COCCCN(Cc1cc2cc3c(cc2nc1-c1cccs1)OCO3)C(=O)c1ccc(OC)cc1. The fraction of sp³-hybridized carbons (Fsp3) is 0.259. The Labute approximate surface area is 207 Å². The monoisotopic (exact) mass is 490 g/mol. The quantitative estimate of drug-likeness (QED) is 0.294. The van der Waals surface area contributed by atoms with Crippen molar-refractivity contribution in [3.63, 3.8) is 0 Å². The molecule has 0 unspecified atom stereocenters. The molecule has 35 heavy (non-hydrogen) atoms. The predicted octanol–water partition coefficient (Wildman–Crippen LogP) is 5.38. The molecule has 0 fully saturated rings. The largest absolute Gasteiger partial charge is 0.497 e. The van der Waals surface area contributed by atoms with Crippen LogP contribution in [0.15, 0.2) is 60.0 Å². The third-order valence-corrected chi connectivity index (χ3v) is 6.78. The van der Waals surface area contributed by atoms with E-state index in [-0.39, 0.29) is 12.7 Å². The molecule has 0 saturated heterocycles. The highest BCUT2D eigenvalue weighted by molar-refractivity contribution is 7.13. The average molecular weight is 491 g/mol. The molecule has 0 radical (unpaired) electrons. The van der Waals surface area contributed by atoms with Gasteiger partial charge in [-0.25, -0.2) is 4.98 Å². The van der Waals surface area contributed by atoms with Crippen LogP contribution >= 0.6 is 11.3 Å². The number of fused-ring (bicyclic) bond motifs is 2. The van der Waals surface area contributed by atoms with Crippen molar-refractivity contribution < 1.29 is 23.7 Å². The molecule has 0 saturated carbocycles. The van der Waals surface area contributed by atoms with E-state index in [4.69, 9.17) is 23.9 Å². The second-order valence-electron chi connectivity index (χ2n) is 8.17. The number of nitrogens with zero attached hydrogens (tertiary/aromatic N) is 2. The zero-order valence-electron chi connectivity index (χ0n) is 19.7. The second-order valence-corrected chi connectivity index (χ2v) is 9.12. The van der Waals surface area contributed by atoms with E-state index >= 15 is 0 Å². The average Bonchev–Trinajstić information content (AvgIpc) is 3.58. The number of hydrogen-bond donors (Lipinski definition) is 0. The molecule has 2 aromatic carbocycles. The third-order valence-electron chi connectivity index (χ3n) is 5.90. The molecule has 0 bridgehead atoms. The van der Waals surface area contributed by atoms with Crippen LogP contribution in [0, 0.1) is 0 Å². The Bertz CT molecular complexity index is 1320. The van der Waals surface area contributed by atoms with Gasteiger partial charge in [-0.1, -0.05) is 6.07 Å². The van der Waals surface area contributed by atoms with Crippen molar-refractivity contribution in [3.05, 3.63) is 71.1 Å². The number of thiophene rings is 1. The van der Waals surface area contributed by atoms with Gasteiger partial charge in [0.1, 0.15) is 5.75 Å². The molecule has 0 atom stereocenters. The van der Waals surface area contributed by atoms with E-state index in [0.717, 1.165) is 33.5 Å². The number of rotatable bonds is 9. The Morgan fingerprint density at radius 3 is 2.60 bits per heavy atom. The summed E-state index contributed by atoms with van der Waals surface area (Å²) in [6, 6.07) is 17.2. The number of carbonyl (C=O) groups is 1. The number of pyridine rings is 1. The molecular weight excluding hydrogens is 464 g/mol. The van der Waals surface area contributed by atoms with Crippen molar-refractivity contribution in [3.8, 4) is 27.8 Å². The molecule has 0 spiro atoms. The van der Waals surface area contributed by atoms with Crippen LogP contribution in [-0.2, 0) is 11.3 Å². The first-order valence-electron chi connectivity index (χ1n) is 11.4. The maximum atomic E-state index is 13.5. The maximum absolute atomic E-state index is 13.5. The van der Waals surface area contributed by atoms with Gasteiger partial charge in [0.2, 0.25) is 6.79 Å². The fourth-order valence-corrected chi connectivity index (χ4v) is 4.88. The highest BCUT2D eigenvalue weighted by Gasteiger charge is 2.21. The molecule has 0 aliphatic carbocycles. The lowest BCUT2D eigenvalue weighted by Crippen LogP contribution is -2.32. The van der Waals surface area contributed by atoms with Crippen LogP contribution in [0.5, 0.6) is 17.2 Å². The van der Waals surface area contributed by atoms with Crippen molar-refractivity contribution in [2.24, 2.45) is 0 Å². The van der Waals surface area contributed by atoms with Gasteiger partial charge in [0.05, 0.1) is 23.2 Å². The van der Waals surface area contributed by atoms with Crippen molar-refractivity contribution >= 4 is 28.1 Å². The fourth-order valence-electron chi connectivity index (χ4n) is 4.13. The van der Waals surface area contributed by atoms with Crippen LogP contribution < -0.4 is 14.2 Å². The van der Waals surface area contributed by atoms with Crippen LogP contribution in [0.25, 0.3) is 21.5 Å². The van der Waals surface area contributed by atoms with Gasteiger partial charge in [-0.3, -0.25) is 4.79 Å². The van der Waals surface area contributed by atoms with E-state index < -0.39 is 0 Å². The molecular formula is C27H26N2O5S. The van der Waals surface area contributed by atoms with Crippen LogP contribution in [0.4, 0.5) is 0 Å². The van der Waals surface area contributed by atoms with Gasteiger partial charge in [0.15, 0.2) is 11.5 Å². The van der Waals surface area contributed by atoms with E-state index in [1.807, 2.05) is 28.5 Å². The van der Waals surface area contributed by atoms with Crippen LogP contribution in [-0.4, -0.2) is 50.0 Å². The number of aromatic nitrogens is 1. The third kappa shape index (κ3) is 4.94. The van der Waals surface area contributed by atoms with Gasteiger partial charge in [0.25, 0.3) is 5.91 Å². The first kappa shape index (κ1) is 23.1. The summed E-state index contributed by atoms with van der Waals surface area (Å²) >= 11 is 1.63. The van der Waals surface area contributed by atoms with Crippen molar-refractivity contribution in [2.45, 2.75) is 13.0 Å². The summed E-state index contributed by atoms with van der Waals surface area (Å²) in [4.78, 5) is 21.4. The Hall–Kier alpha value is -3.62. The van der Waals surface area contributed by atoms with Crippen LogP contribution in [0.2, 0.25) is 0 Å². The van der Waals surface area contributed by atoms with Gasteiger partial charge >= 0.3 is 0 Å². The van der Waals surface area contributed by atoms with E-state index in [0.29, 0.717) is 42.5 Å². The van der Waals surface area contributed by atoms with Gasteiger partial charge in [-0.2, -0.15) is 0 Å². The Morgan fingerprint density at radius 2 is 1.89 bits per heavy atom. The van der Waals surface area contributed by atoms with Crippen LogP contribution in [0.3, 0.4) is 0 Å². The standard InChI is InChI=1S/C27H26N2O5S/c1-31-11-4-10-29(27(30)18-6-8-21(32-2)9-7-18)16-20-13-19-14-23-24(34-17-33-23)15-22(19)28-26(20)25-5-3-12-35-25/h3,5-9,12-15H,4,10-11,16-17H2,1-2H3. The molecule has 180 valence electrons. The van der Waals surface area contributed by atoms with Crippen molar-refractivity contribution in [2.75, 3.05) is 34.2 Å². The highest BCUT2D eigenvalue weighted by Crippen LogP contribution is 2.38. The summed E-state index contributed by atoms with van der Waals surface area (Å²) in [5.74, 6) is 2.07. The Balaban J connectivity index is 1.53. The Kier molecular flexibility index (Phi) is 6.83. The molecule has 5 rings (SSSR count). The summed E-state index contributed by atoms with van der Waals surface area (Å²) < 4.78 is 21.6. The molecule has 1 aliphatic rings. The highest BCUT2D eigenvalue weighted by atomic mass is 32.1. The minimum Gasteiger partial charge on any atom is -0.497 e. The number of ether oxygens (including phenoxy) is 4. The second kappa shape index (κ2) is 10.3. The number of amides is 1. The van der Waals surface area contributed by atoms with Gasteiger partial charge in [-0.15, -0.1) is 11.3 Å². The lowest BCUT2D eigenvalue weighted by atomic mass is 10.1. The van der Waals surface area contributed by atoms with Crippen molar-refractivity contribution in [1.82, 2.24) is 9.88 Å². The summed E-state index contributed by atoms with van der Waals surface area (Å²) in [6.07, 6.45) is 0.729. The topological polar surface area (TPSA) is 70.1 Å². The van der Waals surface area contributed by atoms with Gasteiger partial charge in [-0.05, 0) is 59.8 Å². The number of benzene rings is 2. The maximum Gasteiger partial charge on any atom is 0.254 e. The summed E-state index contributed by atoms with van der Waals surface area (Å²) in [5, 5.41) is 2.97. The van der Waals surface area contributed by atoms with Crippen molar-refractivity contribution in [1.29, 1.82) is 0 Å². The van der Waals surface area contributed by atoms with E-state index in [1.165, 1.54) is 0 Å². The lowest BCUT2D eigenvalue weighted by Gasteiger charge is -2.24. The van der Waals surface area contributed by atoms with E-state index in [1.54, 1.807) is 49.8 Å². The Morgan fingerprint density at radius 1 is 1.09 bits per heavy atom. The minimum absolute atomic E-state index is 0.0494. The minimum atomic E-state index is -0.0494. The predicted molar refractivity (Wildman–Crippen MR) is 135 cm³/mol. The van der Waals surface area contributed by atoms with E-state index in [9.17, 15) is 4.79 Å². The number of hydrogen-bond acceptors (Lipinski definition) is 7. The molecule has 1 aliphatic heterocycles. The first-order chi connectivity index (χ1) is 17.2. The normalized spacial score (nSPS) is 12.2. The molecule has 1 amide bonds. The zero-order chi connectivity index (χ0) is 24.2. The molecule has 7 nitrogen and oxygen atoms in total. The molecule has 0 N–H and O–H groups in total. The molecule has 2 aromatic heterocycles.